The van der Waals surface area contributed by atoms with Crippen LogP contribution in [0.2, 0.25) is 10.0 Å². The molecule has 0 bridgehead atoms. The molecule has 0 aliphatic heterocycles. The number of benzene rings is 2. The van der Waals surface area contributed by atoms with Gasteiger partial charge in [-0.25, -0.2) is 14.5 Å². The Morgan fingerprint density at radius 1 is 1.19 bits per heavy atom. The van der Waals surface area contributed by atoms with Gasteiger partial charge in [0.1, 0.15) is 29.4 Å². The summed E-state index contributed by atoms with van der Waals surface area (Å²) in [4.78, 5) is 29.6. The number of hydrogen-bond acceptors (Lipinski definition) is 6. The van der Waals surface area contributed by atoms with Crippen molar-refractivity contribution in [3.63, 3.8) is 0 Å². The molecule has 0 amide bonds. The summed E-state index contributed by atoms with van der Waals surface area (Å²) < 4.78 is 7.44. The molecule has 0 fully saturated rings. The molecule has 0 saturated carbocycles. The Kier molecular flexibility index (Phi) is 5.70. The van der Waals surface area contributed by atoms with Gasteiger partial charge in [0.25, 0.3) is 5.56 Å². The van der Waals surface area contributed by atoms with Gasteiger partial charge in [-0.2, -0.15) is 0 Å². The fraction of sp³-hybridized carbons (Fsp3) is 0.0500. The summed E-state index contributed by atoms with van der Waals surface area (Å²) >= 11 is 12.1. The summed E-state index contributed by atoms with van der Waals surface area (Å²) in [7, 11) is 0. The number of hydrogen-bond donors (Lipinski definition) is 2. The lowest BCUT2D eigenvalue weighted by Gasteiger charge is -2.13. The predicted octanol–water partition coefficient (Wildman–Crippen LogP) is 3.60. The third-order valence-electron chi connectivity index (χ3n) is 4.33. The zero-order valence-electron chi connectivity index (χ0n) is 15.6. The first kappa shape index (κ1) is 20.6. The van der Waals surface area contributed by atoms with E-state index in [2.05, 4.69) is 20.3 Å². The van der Waals surface area contributed by atoms with Gasteiger partial charge >= 0.3 is 5.97 Å². The minimum absolute atomic E-state index is 0.180. The molecule has 0 spiro atoms. The lowest BCUT2D eigenvalue weighted by molar-refractivity contribution is 0.0694. The van der Waals surface area contributed by atoms with E-state index in [0.29, 0.717) is 27.0 Å². The van der Waals surface area contributed by atoms with Crippen LogP contribution in [0.5, 0.6) is 5.75 Å². The highest BCUT2D eigenvalue weighted by atomic mass is 35.5. The molecule has 0 saturated heterocycles. The SMILES string of the molecule is O=C(O)c1cnc(-c2ccc(OCc3ccc(Cl)cc3Cl)c(-n3ccnn3)c2)[nH]c1=O. The van der Waals surface area contributed by atoms with Crippen LogP contribution < -0.4 is 10.3 Å². The van der Waals surface area contributed by atoms with Gasteiger partial charge in [0.05, 0.1) is 12.4 Å². The Balaban J connectivity index is 1.70. The molecular formula is C20H13Cl2N5O4. The molecule has 0 aliphatic rings. The number of aromatic carboxylic acids is 1. The average Bonchev–Trinajstić information content (AvgIpc) is 3.27. The Hall–Kier alpha value is -3.69. The van der Waals surface area contributed by atoms with Crippen LogP contribution >= 0.6 is 23.2 Å². The topological polar surface area (TPSA) is 123 Å². The molecule has 9 nitrogen and oxygen atoms in total. The standard InChI is InChI=1S/C20H13Cl2N5O4/c21-13-3-1-12(15(22)8-13)10-31-17-4-2-11(7-16(17)27-6-5-24-26-27)18-23-9-14(20(29)30)19(28)25-18/h1-9H,10H2,(H,29,30)(H,23,25,28). The van der Waals surface area contributed by atoms with E-state index in [4.69, 9.17) is 33.0 Å². The molecule has 2 aromatic heterocycles. The van der Waals surface area contributed by atoms with Gasteiger partial charge in [-0.3, -0.25) is 4.79 Å². The van der Waals surface area contributed by atoms with Gasteiger partial charge in [0.2, 0.25) is 0 Å². The van der Waals surface area contributed by atoms with E-state index in [1.807, 2.05) is 0 Å². The zero-order chi connectivity index (χ0) is 22.0. The molecule has 4 rings (SSSR count). The molecule has 0 aliphatic carbocycles. The molecule has 31 heavy (non-hydrogen) atoms. The predicted molar refractivity (Wildman–Crippen MR) is 113 cm³/mol. The number of ether oxygens (including phenoxy) is 1. The monoisotopic (exact) mass is 457 g/mol. The van der Waals surface area contributed by atoms with E-state index < -0.39 is 17.1 Å². The van der Waals surface area contributed by atoms with Crippen LogP contribution in [-0.4, -0.2) is 36.0 Å². The maximum atomic E-state index is 12.0. The van der Waals surface area contributed by atoms with Crippen LogP contribution in [-0.2, 0) is 6.61 Å². The summed E-state index contributed by atoms with van der Waals surface area (Å²) in [5.74, 6) is -0.679. The van der Waals surface area contributed by atoms with Crippen molar-refractivity contribution < 1.29 is 14.6 Å². The number of carbonyl (C=O) groups is 1. The molecule has 0 radical (unpaired) electrons. The van der Waals surface area contributed by atoms with Crippen LogP contribution in [0.3, 0.4) is 0 Å². The van der Waals surface area contributed by atoms with E-state index in [-0.39, 0.29) is 12.4 Å². The third-order valence-corrected chi connectivity index (χ3v) is 4.92. The summed E-state index contributed by atoms with van der Waals surface area (Å²) in [5, 5.41) is 17.8. The van der Waals surface area contributed by atoms with Crippen molar-refractivity contribution in [2.75, 3.05) is 0 Å². The first-order chi connectivity index (χ1) is 14.9. The van der Waals surface area contributed by atoms with Crippen molar-refractivity contribution in [3.8, 4) is 22.8 Å². The molecule has 2 aromatic carbocycles. The second-order valence-corrected chi connectivity index (χ2v) is 7.18. The maximum Gasteiger partial charge on any atom is 0.342 e. The smallest absolute Gasteiger partial charge is 0.342 e. The Labute approximate surface area is 184 Å². The second-order valence-electron chi connectivity index (χ2n) is 6.33. The van der Waals surface area contributed by atoms with Gasteiger partial charge in [-0.1, -0.05) is 34.5 Å². The van der Waals surface area contributed by atoms with Crippen molar-refractivity contribution in [1.29, 1.82) is 0 Å². The average molecular weight is 458 g/mol. The number of halogens is 2. The summed E-state index contributed by atoms with van der Waals surface area (Å²) in [6.07, 6.45) is 4.15. The van der Waals surface area contributed by atoms with Gasteiger partial charge in [-0.15, -0.1) is 5.10 Å². The van der Waals surface area contributed by atoms with E-state index >= 15 is 0 Å². The minimum atomic E-state index is -1.35. The number of nitrogens with zero attached hydrogens (tertiary/aromatic N) is 4. The summed E-state index contributed by atoms with van der Waals surface area (Å²) in [6, 6.07) is 10.2. The van der Waals surface area contributed by atoms with Crippen molar-refractivity contribution in [2.24, 2.45) is 0 Å². The maximum absolute atomic E-state index is 12.0. The highest BCUT2D eigenvalue weighted by Gasteiger charge is 2.14. The van der Waals surface area contributed by atoms with Gasteiger partial charge < -0.3 is 14.8 Å². The van der Waals surface area contributed by atoms with Gasteiger partial charge in [0, 0.05) is 27.4 Å². The Morgan fingerprint density at radius 2 is 2.03 bits per heavy atom. The van der Waals surface area contributed by atoms with Crippen LogP contribution in [0.25, 0.3) is 17.1 Å². The molecule has 11 heteroatoms. The first-order valence-electron chi connectivity index (χ1n) is 8.83. The fourth-order valence-electron chi connectivity index (χ4n) is 2.79. The fourth-order valence-corrected chi connectivity index (χ4v) is 3.25. The van der Waals surface area contributed by atoms with E-state index in [1.54, 1.807) is 42.6 Å². The molecule has 2 N–H and O–H groups in total. The second kappa shape index (κ2) is 8.58. The van der Waals surface area contributed by atoms with Crippen molar-refractivity contribution in [2.45, 2.75) is 6.61 Å². The summed E-state index contributed by atoms with van der Waals surface area (Å²) in [5.41, 5.74) is 0.606. The lowest BCUT2D eigenvalue weighted by Crippen LogP contribution is -2.18. The lowest BCUT2D eigenvalue weighted by atomic mass is 10.1. The molecule has 2 heterocycles. The molecule has 0 atom stereocenters. The Morgan fingerprint density at radius 3 is 2.71 bits per heavy atom. The number of carboxylic acid groups (broad SMARTS) is 1. The number of aromatic amines is 1. The number of rotatable bonds is 6. The van der Waals surface area contributed by atoms with E-state index in [9.17, 15) is 9.59 Å². The normalized spacial score (nSPS) is 10.8. The molecule has 156 valence electrons. The van der Waals surface area contributed by atoms with Crippen LogP contribution in [0.1, 0.15) is 15.9 Å². The largest absolute Gasteiger partial charge is 0.487 e. The summed E-state index contributed by atoms with van der Waals surface area (Å²) in [6.45, 7) is 0.180. The van der Waals surface area contributed by atoms with Crippen molar-refractivity contribution in [1.82, 2.24) is 25.0 Å². The van der Waals surface area contributed by atoms with E-state index in [1.165, 1.54) is 10.9 Å². The molecular weight excluding hydrogens is 445 g/mol. The van der Waals surface area contributed by atoms with Gasteiger partial charge in [0.15, 0.2) is 0 Å². The highest BCUT2D eigenvalue weighted by molar-refractivity contribution is 6.35. The Bertz CT molecular complexity index is 1320. The highest BCUT2D eigenvalue weighted by Crippen LogP contribution is 2.29. The minimum Gasteiger partial charge on any atom is -0.487 e. The third kappa shape index (κ3) is 4.42. The van der Waals surface area contributed by atoms with Gasteiger partial charge in [-0.05, 0) is 30.3 Å². The van der Waals surface area contributed by atoms with Crippen LogP contribution in [0.15, 0.2) is 59.8 Å². The zero-order valence-corrected chi connectivity index (χ0v) is 17.1. The number of carboxylic acids is 1. The van der Waals surface area contributed by atoms with Crippen LogP contribution in [0, 0.1) is 0 Å². The molecule has 4 aromatic rings. The van der Waals surface area contributed by atoms with E-state index in [0.717, 1.165) is 11.8 Å². The number of H-pyrrole nitrogens is 1. The first-order valence-corrected chi connectivity index (χ1v) is 9.58. The number of nitrogens with one attached hydrogen (secondary N) is 1. The molecule has 0 unspecified atom stereocenters. The number of aromatic nitrogens is 5. The van der Waals surface area contributed by atoms with Crippen LogP contribution in [0.4, 0.5) is 0 Å². The van der Waals surface area contributed by atoms with Crippen molar-refractivity contribution in [3.05, 3.63) is 86.5 Å². The van der Waals surface area contributed by atoms with Crippen molar-refractivity contribution >= 4 is 29.2 Å². The quantitative estimate of drug-likeness (QED) is 0.453.